The van der Waals surface area contributed by atoms with Crippen LogP contribution in [0.15, 0.2) is 173 Å². The molecule has 73 heavy (non-hydrogen) atoms. The number of nitrogens with one attached hydrogen (secondary N) is 2. The largest absolute Gasteiger partial charge is 0.506 e. The number of nitro groups is 1. The maximum Gasteiger partial charge on any atom is 0.298 e. The van der Waals surface area contributed by atoms with Crippen LogP contribution in [0.5, 0.6) is 23.1 Å². The summed E-state index contributed by atoms with van der Waals surface area (Å²) in [4.78, 5) is 6.50. The summed E-state index contributed by atoms with van der Waals surface area (Å²) < 4.78 is 107. The fourth-order valence-electron chi connectivity index (χ4n) is 7.04. The Labute approximate surface area is 411 Å². The first-order valence-electron chi connectivity index (χ1n) is 20.4. The van der Waals surface area contributed by atoms with E-state index in [-0.39, 0.29) is 45.8 Å². The number of hydrogen-bond donors (Lipinski definition) is 9. The molecule has 8 aromatic rings. The lowest BCUT2D eigenvalue weighted by atomic mass is 10.1. The summed E-state index contributed by atoms with van der Waals surface area (Å²) in [5.41, 5.74) is -0.279. The SMILES string of the molecule is Cc1cc(O)n(-c2cccc(N=Nc3ccc(Nc4ccc(N=Nc5cccc6c(S(=O)(=O)O)c(S(=O)(=O)O)c(N=Nc7ccc(Nc8ccc([N+](=O)[O-])cc8S(=O)(=O)O)cc7)c(O)c56)c(O)c4)cc3O)c2)n1. The lowest BCUT2D eigenvalue weighted by Crippen LogP contribution is -2.10. The number of rotatable bonds is 15. The van der Waals surface area contributed by atoms with Gasteiger partial charge < -0.3 is 31.1 Å². The van der Waals surface area contributed by atoms with E-state index in [0.717, 1.165) is 24.3 Å². The highest BCUT2D eigenvalue weighted by Crippen LogP contribution is 2.49. The van der Waals surface area contributed by atoms with Crippen LogP contribution in [0.3, 0.4) is 0 Å². The number of anilines is 4. The van der Waals surface area contributed by atoms with Crippen molar-refractivity contribution in [3.8, 4) is 28.8 Å². The van der Waals surface area contributed by atoms with Crippen LogP contribution in [0.1, 0.15) is 5.69 Å². The van der Waals surface area contributed by atoms with Crippen LogP contribution in [0.25, 0.3) is 16.5 Å². The van der Waals surface area contributed by atoms with Gasteiger partial charge in [-0.1, -0.05) is 18.2 Å². The highest BCUT2D eigenvalue weighted by atomic mass is 32.2. The number of non-ortho nitro benzene ring substituents is 1. The van der Waals surface area contributed by atoms with Crippen molar-refractivity contribution < 1.29 is 64.3 Å². The van der Waals surface area contributed by atoms with E-state index < -0.39 is 83.6 Å². The number of aromatic nitrogens is 2. The average molecular weight is 1050 g/mol. The van der Waals surface area contributed by atoms with Gasteiger partial charge in [0.1, 0.15) is 37.6 Å². The number of benzene rings is 7. The van der Waals surface area contributed by atoms with Crippen LogP contribution in [0, 0.1) is 17.0 Å². The molecule has 0 saturated heterocycles. The number of fused-ring (bicyclic) bond motifs is 1. The molecule has 1 aromatic heterocycles. The second-order valence-electron chi connectivity index (χ2n) is 15.3. The van der Waals surface area contributed by atoms with Crippen molar-refractivity contribution in [2.45, 2.75) is 21.6 Å². The van der Waals surface area contributed by atoms with E-state index in [4.69, 9.17) is 0 Å². The van der Waals surface area contributed by atoms with E-state index in [1.165, 1.54) is 71.4 Å². The zero-order valence-electron chi connectivity index (χ0n) is 36.8. The van der Waals surface area contributed by atoms with E-state index >= 15 is 0 Å². The number of nitro benzene ring substituents is 1. The third-order valence-electron chi connectivity index (χ3n) is 10.2. The summed E-state index contributed by atoms with van der Waals surface area (Å²) in [6, 6.07) is 27.6. The molecule has 372 valence electrons. The van der Waals surface area contributed by atoms with Crippen LogP contribution >= 0.6 is 0 Å². The summed E-state index contributed by atoms with van der Waals surface area (Å²) in [6.45, 7) is 1.73. The van der Waals surface area contributed by atoms with E-state index in [0.29, 0.717) is 34.5 Å². The second-order valence-corrected chi connectivity index (χ2v) is 19.4. The van der Waals surface area contributed by atoms with Crippen LogP contribution in [-0.2, 0) is 30.4 Å². The smallest absolute Gasteiger partial charge is 0.298 e. The predicted octanol–water partition coefficient (Wildman–Crippen LogP) is 10.5. The minimum absolute atomic E-state index is 0.0606. The van der Waals surface area contributed by atoms with E-state index in [1.54, 1.807) is 37.3 Å². The van der Waals surface area contributed by atoms with Gasteiger partial charge in [0.2, 0.25) is 5.88 Å². The molecular weight excluding hydrogens is 1020 g/mol. The summed E-state index contributed by atoms with van der Waals surface area (Å²) >= 11 is 0. The number of nitrogens with zero attached hydrogens (tertiary/aromatic N) is 9. The Morgan fingerprint density at radius 2 is 1.16 bits per heavy atom. The minimum Gasteiger partial charge on any atom is -0.506 e. The maximum atomic E-state index is 12.9. The number of phenols is 3. The highest BCUT2D eigenvalue weighted by Gasteiger charge is 2.35. The first kappa shape index (κ1) is 50.1. The molecule has 0 radical (unpaired) electrons. The number of aryl methyl sites for hydroxylation is 1. The van der Waals surface area contributed by atoms with E-state index in [9.17, 15) is 69.5 Å². The van der Waals surface area contributed by atoms with Crippen molar-refractivity contribution >= 4 is 104 Å². The summed E-state index contributed by atoms with van der Waals surface area (Å²) in [5.74, 6) is -1.88. The van der Waals surface area contributed by atoms with Crippen molar-refractivity contribution in [2.75, 3.05) is 10.6 Å². The van der Waals surface area contributed by atoms with Gasteiger partial charge in [0.15, 0.2) is 11.4 Å². The topological polar surface area (TPSA) is 403 Å². The summed E-state index contributed by atoms with van der Waals surface area (Å²) in [6.07, 6.45) is 0. The highest BCUT2D eigenvalue weighted by molar-refractivity contribution is 7.89. The number of azo groups is 3. The molecule has 29 heteroatoms. The van der Waals surface area contributed by atoms with Gasteiger partial charge in [-0.3, -0.25) is 23.8 Å². The number of phenolic OH excluding ortho intramolecular Hbond substituents is 3. The molecule has 0 aliphatic carbocycles. The lowest BCUT2D eigenvalue weighted by Gasteiger charge is -2.14. The van der Waals surface area contributed by atoms with Crippen molar-refractivity contribution in [3.63, 3.8) is 0 Å². The van der Waals surface area contributed by atoms with Gasteiger partial charge in [-0.2, -0.15) is 40.6 Å². The molecule has 0 spiro atoms. The number of aromatic hydroxyl groups is 4. The van der Waals surface area contributed by atoms with E-state index in [2.05, 4.69) is 46.4 Å². The second kappa shape index (κ2) is 19.5. The van der Waals surface area contributed by atoms with Crippen molar-refractivity contribution in [3.05, 3.63) is 143 Å². The molecule has 0 aliphatic heterocycles. The molecule has 0 fully saturated rings. The van der Waals surface area contributed by atoms with Gasteiger partial charge in [-0.05, 0) is 85.8 Å². The zero-order chi connectivity index (χ0) is 52.6. The molecule has 0 bridgehead atoms. The van der Waals surface area contributed by atoms with Gasteiger partial charge in [0.05, 0.1) is 44.4 Å². The molecule has 0 amide bonds. The Kier molecular flexibility index (Phi) is 13.4. The van der Waals surface area contributed by atoms with Crippen molar-refractivity contribution in [1.29, 1.82) is 0 Å². The van der Waals surface area contributed by atoms with Crippen molar-refractivity contribution in [2.24, 2.45) is 30.7 Å². The summed E-state index contributed by atoms with van der Waals surface area (Å²) in [7, 11) is -16.2. The third-order valence-corrected chi connectivity index (χ3v) is 13.1. The molecule has 1 heterocycles. The first-order valence-corrected chi connectivity index (χ1v) is 24.7. The fraction of sp³-hybridized carbons (Fsp3) is 0.0227. The Morgan fingerprint density at radius 3 is 1.74 bits per heavy atom. The third kappa shape index (κ3) is 11.0. The molecular formula is C44H33N11O15S3. The van der Waals surface area contributed by atoms with Gasteiger partial charge in [0, 0.05) is 52.8 Å². The maximum absolute atomic E-state index is 12.9. The average Bonchev–Trinajstić information content (AvgIpc) is 3.67. The Hall–Kier alpha value is -9.26. The van der Waals surface area contributed by atoms with Gasteiger partial charge >= 0.3 is 0 Å². The lowest BCUT2D eigenvalue weighted by molar-refractivity contribution is -0.385. The monoisotopic (exact) mass is 1050 g/mol. The normalized spacial score (nSPS) is 12.3. The number of hydrogen-bond acceptors (Lipinski definition) is 21. The van der Waals surface area contributed by atoms with Crippen LogP contribution in [0.4, 0.5) is 62.6 Å². The summed E-state index contributed by atoms with van der Waals surface area (Å²) in [5, 5.41) is 87.1. The van der Waals surface area contributed by atoms with Crippen LogP contribution < -0.4 is 10.6 Å². The van der Waals surface area contributed by atoms with Gasteiger partial charge in [-0.15, -0.1) is 20.5 Å². The molecule has 0 unspecified atom stereocenters. The molecule has 26 nitrogen and oxygen atoms in total. The molecule has 0 saturated carbocycles. The molecule has 7 aromatic carbocycles. The quantitative estimate of drug-likeness (QED) is 0.0199. The van der Waals surface area contributed by atoms with E-state index in [1.807, 2.05) is 0 Å². The van der Waals surface area contributed by atoms with Crippen molar-refractivity contribution in [1.82, 2.24) is 9.78 Å². The Balaban J connectivity index is 1.05. The molecule has 9 N–H and O–H groups in total. The van der Waals surface area contributed by atoms with Gasteiger partial charge in [0.25, 0.3) is 36.0 Å². The molecule has 0 aliphatic rings. The Bertz CT molecular complexity index is 4000. The standard InChI is InChI=1S/C44H33N11O15S3/c1-23-18-39(58)54(53-23)29-5-2-4-28(19-29)48-49-32-15-12-26(20-36(32)56)45-27-13-16-33(37(57)21-27)50-51-35-7-3-6-31-40(35)42(59)41(44(73(68,69)70)43(31)72(65,66)67)52-47-25-10-8-24(9-11-25)46-34-17-14-30(55(60)61)22-38(34)71(62,63)64/h2-22,45-46,56-59H,1H3,(H,62,63,64)(H,65,66,67)(H,68,69,70). The fourth-order valence-corrected chi connectivity index (χ4v) is 9.85. The minimum atomic E-state index is -5.66. The Morgan fingerprint density at radius 1 is 0.575 bits per heavy atom. The van der Waals surface area contributed by atoms with Crippen LogP contribution in [-0.4, -0.2) is 74.0 Å². The van der Waals surface area contributed by atoms with Crippen LogP contribution in [0.2, 0.25) is 0 Å². The first-order chi connectivity index (χ1) is 34.4. The van der Waals surface area contributed by atoms with Gasteiger partial charge in [-0.25, -0.2) is 4.68 Å². The molecule has 0 atom stereocenters. The molecule has 8 rings (SSSR count). The predicted molar refractivity (Wildman–Crippen MR) is 260 cm³/mol. The zero-order valence-corrected chi connectivity index (χ0v) is 39.2.